The van der Waals surface area contributed by atoms with Crippen molar-refractivity contribution >= 4 is 60.9 Å². The molecular formula is C30H30ClFN6O10P2. The number of aromatic nitrogens is 4. The summed E-state index contributed by atoms with van der Waals surface area (Å²) in [6.07, 6.45) is -5.89. The summed E-state index contributed by atoms with van der Waals surface area (Å²) in [6, 6.07) is 19.1. The van der Waals surface area contributed by atoms with Crippen molar-refractivity contribution in [2.45, 2.75) is 44.2 Å². The Balaban J connectivity index is 1.18. The van der Waals surface area contributed by atoms with E-state index in [1.165, 1.54) is 13.0 Å². The third kappa shape index (κ3) is 7.97. The number of hydrogen-bond acceptors (Lipinski definition) is 13. The molecule has 1 saturated heterocycles. The number of hydrogen-bond donors (Lipinski definition) is 4. The Morgan fingerprint density at radius 1 is 1.12 bits per heavy atom. The second-order valence-corrected chi connectivity index (χ2v) is 14.7. The van der Waals surface area contributed by atoms with Gasteiger partial charge in [0.25, 0.3) is 0 Å². The van der Waals surface area contributed by atoms with Crippen LogP contribution in [0.1, 0.15) is 18.7 Å². The molecule has 1 aliphatic rings. The molecule has 20 heteroatoms. The molecule has 1 aliphatic heterocycles. The molecular weight excluding hydrogens is 721 g/mol. The van der Waals surface area contributed by atoms with E-state index in [1.54, 1.807) is 66.7 Å². The predicted molar refractivity (Wildman–Crippen MR) is 177 cm³/mol. The van der Waals surface area contributed by atoms with Crippen LogP contribution < -0.4 is 15.3 Å². The van der Waals surface area contributed by atoms with Gasteiger partial charge in [-0.15, -0.1) is 0 Å². The molecule has 50 heavy (non-hydrogen) atoms. The molecule has 0 saturated carbocycles. The first-order valence-corrected chi connectivity index (χ1v) is 18.3. The van der Waals surface area contributed by atoms with Gasteiger partial charge in [-0.25, -0.2) is 18.5 Å². The Hall–Kier alpha value is -4.02. The van der Waals surface area contributed by atoms with Crippen LogP contribution in [0, 0.1) is 0 Å². The molecule has 1 fully saturated rings. The second kappa shape index (κ2) is 14.7. The van der Waals surface area contributed by atoms with Gasteiger partial charge >= 0.3 is 21.5 Å². The zero-order valence-electron chi connectivity index (χ0n) is 26.0. The van der Waals surface area contributed by atoms with E-state index in [1.807, 2.05) is 0 Å². The minimum atomic E-state index is -5.38. The quantitative estimate of drug-likeness (QED) is 0.0718. The number of ether oxygens (including phenoxy) is 2. The Bertz CT molecular complexity index is 2110. The molecule has 16 nitrogen and oxygen atoms in total. The molecule has 6 rings (SSSR count). The third-order valence-corrected chi connectivity index (χ3v) is 11.0. The number of nitrogens with zero attached hydrogens (tertiary/aromatic N) is 4. The summed E-state index contributed by atoms with van der Waals surface area (Å²) in [5.74, 6) is -0.970. The van der Waals surface area contributed by atoms with Gasteiger partial charge in [0.2, 0.25) is 5.28 Å². The number of anilines is 1. The summed E-state index contributed by atoms with van der Waals surface area (Å²) in [6.45, 7) is 0.263. The number of aliphatic hydroxyl groups excluding tert-OH is 1. The third-order valence-electron chi connectivity index (χ3n) is 7.50. The highest BCUT2D eigenvalue weighted by Crippen LogP contribution is 2.61. The van der Waals surface area contributed by atoms with E-state index in [0.29, 0.717) is 16.3 Å². The molecule has 2 aromatic heterocycles. The number of phosphoric ester groups is 1. The number of carbonyl (C=O) groups is 1. The Morgan fingerprint density at radius 3 is 2.62 bits per heavy atom. The van der Waals surface area contributed by atoms with Crippen molar-refractivity contribution in [2.24, 2.45) is 0 Å². The average molecular weight is 751 g/mol. The van der Waals surface area contributed by atoms with Crippen LogP contribution in [-0.2, 0) is 38.8 Å². The van der Waals surface area contributed by atoms with Crippen molar-refractivity contribution in [1.82, 2.24) is 24.6 Å². The second-order valence-electron chi connectivity index (χ2n) is 11.1. The number of imidazole rings is 1. The normalized spacial score (nSPS) is 22.2. The summed E-state index contributed by atoms with van der Waals surface area (Å²) in [7, 11) is -10.3. The lowest BCUT2D eigenvalue weighted by molar-refractivity contribution is -0.146. The minimum Gasteiger partial charge on any atom is -0.460 e. The van der Waals surface area contributed by atoms with Crippen LogP contribution in [0.15, 0.2) is 79.1 Å². The highest BCUT2D eigenvalue weighted by atomic mass is 35.5. The molecule has 7 atom stereocenters. The van der Waals surface area contributed by atoms with E-state index in [0.717, 1.165) is 10.9 Å². The first-order chi connectivity index (χ1) is 23.8. The molecule has 0 aliphatic carbocycles. The largest absolute Gasteiger partial charge is 0.481 e. The van der Waals surface area contributed by atoms with Gasteiger partial charge in [0.15, 0.2) is 23.9 Å². The fraction of sp³-hybridized carbons (Fsp3) is 0.267. The molecule has 0 amide bonds. The number of rotatable bonds is 13. The predicted octanol–water partition coefficient (Wildman–Crippen LogP) is 4.85. The van der Waals surface area contributed by atoms with Crippen LogP contribution >= 0.6 is 27.2 Å². The summed E-state index contributed by atoms with van der Waals surface area (Å²) in [5.41, 5.74) is 6.60. The van der Waals surface area contributed by atoms with E-state index in [9.17, 15) is 23.9 Å². The number of phosphoric acid groups is 1. The van der Waals surface area contributed by atoms with Gasteiger partial charge in [-0.3, -0.25) is 13.9 Å². The van der Waals surface area contributed by atoms with Gasteiger partial charge in [-0.05, 0) is 35.5 Å². The van der Waals surface area contributed by atoms with E-state index in [-0.39, 0.29) is 34.6 Å². The van der Waals surface area contributed by atoms with Crippen molar-refractivity contribution in [2.75, 3.05) is 12.3 Å². The number of nitrogens with two attached hydrogens (primary N) is 1. The van der Waals surface area contributed by atoms with Gasteiger partial charge in [0.1, 0.15) is 36.1 Å². The molecule has 5 N–H and O–H groups in total. The first-order valence-electron chi connectivity index (χ1n) is 14.9. The highest BCUT2D eigenvalue weighted by molar-refractivity contribution is 7.63. The summed E-state index contributed by atoms with van der Waals surface area (Å²) in [5, 5.41) is 13.8. The SMILES string of the molecule is C[C@H](NP(=O)(Oc1cccc2ccccc12)OP(=O)(O)OC[C@H]1O[C@@H](n2cnc3c(N)nc(Cl)nc32)C(F)[C@H]1O)C(=O)OCc1ccccc1. The molecule has 5 aromatic rings. The average Bonchev–Trinajstić information content (AvgIpc) is 3.62. The van der Waals surface area contributed by atoms with Crippen LogP contribution in [0.5, 0.6) is 5.75 Å². The van der Waals surface area contributed by atoms with E-state index >= 15 is 4.39 Å². The summed E-state index contributed by atoms with van der Waals surface area (Å²) in [4.78, 5) is 35.4. The van der Waals surface area contributed by atoms with Gasteiger partial charge in [0.05, 0.1) is 12.9 Å². The standard InChI is InChI=1S/C30H30ClFN6O10P2/c1-17(29(40)44-14-18-8-3-2-4-9-18)37-49(41,47-21-13-7-11-19-10-5-6-12-20(19)21)48-50(42,43)45-15-22-25(39)23(32)28(46-22)38-16-34-24-26(33)35-30(31)36-27(24)38/h2-13,16-17,22-23,25,28,39H,14-15H2,1H3,(H,37,41)(H,42,43)(H2,33,35,36)/t17-,22+,23?,25-,28+,49?/m0/s1. The van der Waals surface area contributed by atoms with Gasteiger partial charge in [-0.1, -0.05) is 66.7 Å². The number of alkyl halides is 1. The molecule has 0 bridgehead atoms. The fourth-order valence-electron chi connectivity index (χ4n) is 5.10. The number of aliphatic hydroxyl groups is 1. The minimum absolute atomic E-state index is 0.00842. The van der Waals surface area contributed by atoms with Gasteiger partial charge in [-0.2, -0.15) is 19.4 Å². The number of esters is 1. The molecule has 264 valence electrons. The zero-order chi connectivity index (χ0) is 35.6. The van der Waals surface area contributed by atoms with Crippen molar-refractivity contribution in [1.29, 1.82) is 0 Å². The Labute approximate surface area is 288 Å². The topological polar surface area (TPSA) is 219 Å². The number of halogens is 2. The number of fused-ring (bicyclic) bond motifs is 2. The first kappa shape index (κ1) is 35.8. The van der Waals surface area contributed by atoms with Crippen LogP contribution in [-0.4, -0.2) is 66.5 Å². The maximum Gasteiger partial charge on any atom is 0.481 e. The van der Waals surface area contributed by atoms with Crippen molar-refractivity contribution in [3.05, 3.63) is 90.0 Å². The fourth-order valence-corrected chi connectivity index (χ4v) is 8.26. The lowest BCUT2D eigenvalue weighted by atomic mass is 10.1. The van der Waals surface area contributed by atoms with Gasteiger partial charge in [0, 0.05) is 5.39 Å². The monoisotopic (exact) mass is 750 g/mol. The molecule has 0 radical (unpaired) electrons. The van der Waals surface area contributed by atoms with Crippen LogP contribution in [0.25, 0.3) is 21.9 Å². The molecule has 0 spiro atoms. The van der Waals surface area contributed by atoms with Crippen molar-refractivity contribution < 1.29 is 51.1 Å². The van der Waals surface area contributed by atoms with Crippen LogP contribution in [0.4, 0.5) is 10.2 Å². The number of carbonyl (C=O) groups excluding carboxylic acids is 1. The lowest BCUT2D eigenvalue weighted by Crippen LogP contribution is -2.35. The smallest absolute Gasteiger partial charge is 0.460 e. The molecule has 3 aromatic carbocycles. The zero-order valence-corrected chi connectivity index (χ0v) is 28.5. The van der Waals surface area contributed by atoms with E-state index in [2.05, 4.69) is 20.0 Å². The van der Waals surface area contributed by atoms with Crippen LogP contribution in [0.3, 0.4) is 0 Å². The number of nitrogen functional groups attached to an aromatic ring is 1. The summed E-state index contributed by atoms with van der Waals surface area (Å²) >= 11 is 5.89. The summed E-state index contributed by atoms with van der Waals surface area (Å²) < 4.78 is 70.6. The number of nitrogens with one attached hydrogen (secondary N) is 1. The highest BCUT2D eigenvalue weighted by Gasteiger charge is 2.48. The Kier molecular flexibility index (Phi) is 10.5. The van der Waals surface area contributed by atoms with E-state index in [4.69, 9.17) is 40.2 Å². The van der Waals surface area contributed by atoms with Crippen molar-refractivity contribution in [3.63, 3.8) is 0 Å². The number of benzene rings is 3. The molecule has 3 heterocycles. The van der Waals surface area contributed by atoms with E-state index < -0.39 is 58.8 Å². The maximum atomic E-state index is 15.3. The van der Waals surface area contributed by atoms with Gasteiger partial charge < -0.3 is 29.7 Å². The van der Waals surface area contributed by atoms with Crippen molar-refractivity contribution in [3.8, 4) is 5.75 Å². The maximum absolute atomic E-state index is 15.3. The lowest BCUT2D eigenvalue weighted by Gasteiger charge is -2.25. The van der Waals surface area contributed by atoms with Crippen LogP contribution in [0.2, 0.25) is 5.28 Å². The Morgan fingerprint density at radius 2 is 1.84 bits per heavy atom. The molecule has 3 unspecified atom stereocenters.